The molecule has 188 valence electrons. The van der Waals surface area contributed by atoms with E-state index in [-0.39, 0.29) is 23.0 Å². The summed E-state index contributed by atoms with van der Waals surface area (Å²) >= 11 is 0. The number of likely N-dealkylation sites (tertiary alicyclic amines) is 1. The molecule has 1 heterocycles. The van der Waals surface area contributed by atoms with Crippen LogP contribution >= 0.6 is 0 Å². The summed E-state index contributed by atoms with van der Waals surface area (Å²) in [6.45, 7) is 11.1. The molecule has 8 atom stereocenters. The molecule has 1 N–H and O–H groups in total. The van der Waals surface area contributed by atoms with Gasteiger partial charge in [0.05, 0.1) is 0 Å². The Hall–Kier alpha value is -2.04. The van der Waals surface area contributed by atoms with Gasteiger partial charge < -0.3 is 9.64 Å². The Morgan fingerprint density at radius 3 is 2.44 bits per heavy atom. The molecule has 1 aliphatic heterocycles. The number of amides is 2. The van der Waals surface area contributed by atoms with Crippen molar-refractivity contribution in [2.45, 2.75) is 91.7 Å². The van der Waals surface area contributed by atoms with Crippen molar-refractivity contribution in [3.05, 3.63) is 30.3 Å². The maximum atomic E-state index is 12.7. The van der Waals surface area contributed by atoms with E-state index in [1.54, 1.807) is 0 Å². The molecular formula is C29H44N2O3. The summed E-state index contributed by atoms with van der Waals surface area (Å²) < 4.78 is 6.14. The average Bonchev–Trinajstić information content (AvgIpc) is 3.08. The SMILES string of the molecule is CC.C[C@H]1CC2C3CCC4N(C)C(=O)CCC4(C)C3CCC2(C)C1OC(=O)Nc1ccccc1. The molecule has 1 aromatic carbocycles. The van der Waals surface area contributed by atoms with Crippen molar-refractivity contribution in [1.29, 1.82) is 0 Å². The minimum atomic E-state index is -0.333. The van der Waals surface area contributed by atoms with Gasteiger partial charge in [-0.25, -0.2) is 4.79 Å². The molecule has 0 aromatic heterocycles. The lowest BCUT2D eigenvalue weighted by molar-refractivity contribution is -0.159. The predicted molar refractivity (Wildman–Crippen MR) is 136 cm³/mol. The fourth-order valence-electron chi connectivity index (χ4n) is 8.50. The summed E-state index contributed by atoms with van der Waals surface area (Å²) in [5.74, 6) is 2.61. The third-order valence-corrected chi connectivity index (χ3v) is 10.0. The van der Waals surface area contributed by atoms with E-state index in [4.69, 9.17) is 4.74 Å². The Labute approximate surface area is 206 Å². The molecule has 3 aliphatic carbocycles. The lowest BCUT2D eigenvalue weighted by Gasteiger charge is -2.61. The van der Waals surface area contributed by atoms with Gasteiger partial charge in [-0.05, 0) is 79.7 Å². The molecule has 0 spiro atoms. The minimum Gasteiger partial charge on any atom is -0.445 e. The summed E-state index contributed by atoms with van der Waals surface area (Å²) in [5, 5.41) is 2.91. The van der Waals surface area contributed by atoms with Crippen LogP contribution in [-0.2, 0) is 9.53 Å². The molecule has 2 amide bonds. The van der Waals surface area contributed by atoms with Crippen LogP contribution in [0.3, 0.4) is 0 Å². The van der Waals surface area contributed by atoms with Gasteiger partial charge in [0.25, 0.3) is 0 Å². The number of carbonyl (C=O) groups is 2. The summed E-state index contributed by atoms with van der Waals surface area (Å²) in [7, 11) is 2.02. The average molecular weight is 469 g/mol. The number of anilines is 1. The van der Waals surface area contributed by atoms with Crippen LogP contribution in [0, 0.1) is 34.5 Å². The molecule has 34 heavy (non-hydrogen) atoms. The number of piperidine rings is 1. The van der Waals surface area contributed by atoms with Crippen LogP contribution in [0.4, 0.5) is 10.5 Å². The Balaban J connectivity index is 0.00000133. The van der Waals surface area contributed by atoms with Gasteiger partial charge in [0, 0.05) is 30.6 Å². The Bertz CT molecular complexity index is 889. The second kappa shape index (κ2) is 9.54. The molecule has 1 aromatic rings. The standard InChI is InChI=1S/C27H38N2O3.C2H6/c1-17-16-21-19-10-11-22-26(2,15-13-23(30)29(22)4)20(19)12-14-27(21,3)24(17)32-25(31)28-18-8-6-5-7-9-18;1-2/h5-9,17,19-22,24H,10-16H2,1-4H3,(H,28,31);1-2H3/t17-,19?,20?,21?,22?,24?,26?,27?;/m0./s1. The van der Waals surface area contributed by atoms with Crippen LogP contribution in [-0.4, -0.2) is 36.1 Å². The number of benzene rings is 1. The lowest BCUT2D eigenvalue weighted by Crippen LogP contribution is -2.61. The highest BCUT2D eigenvalue weighted by Crippen LogP contribution is 2.66. The number of para-hydroxylation sites is 1. The highest BCUT2D eigenvalue weighted by molar-refractivity contribution is 5.84. The van der Waals surface area contributed by atoms with Crippen molar-refractivity contribution < 1.29 is 14.3 Å². The van der Waals surface area contributed by atoms with Crippen LogP contribution in [0.5, 0.6) is 0 Å². The molecular weight excluding hydrogens is 424 g/mol. The number of ether oxygens (including phenoxy) is 1. The van der Waals surface area contributed by atoms with Crippen LogP contribution < -0.4 is 5.32 Å². The van der Waals surface area contributed by atoms with E-state index in [9.17, 15) is 9.59 Å². The Kier molecular flexibility index (Phi) is 7.04. The van der Waals surface area contributed by atoms with Gasteiger partial charge in [0.15, 0.2) is 0 Å². The van der Waals surface area contributed by atoms with E-state index >= 15 is 0 Å². The molecule has 1 saturated heterocycles. The molecule has 4 fully saturated rings. The van der Waals surface area contributed by atoms with Gasteiger partial charge in [-0.3, -0.25) is 10.1 Å². The van der Waals surface area contributed by atoms with Crippen LogP contribution in [0.1, 0.15) is 79.6 Å². The van der Waals surface area contributed by atoms with Crippen LogP contribution in [0.25, 0.3) is 0 Å². The molecule has 7 unspecified atom stereocenters. The maximum absolute atomic E-state index is 12.7. The van der Waals surface area contributed by atoms with Gasteiger partial charge in [0.2, 0.25) is 5.91 Å². The Morgan fingerprint density at radius 1 is 1.03 bits per heavy atom. The number of hydrogen-bond acceptors (Lipinski definition) is 3. The predicted octanol–water partition coefficient (Wildman–Crippen LogP) is 6.74. The molecule has 5 rings (SSSR count). The number of rotatable bonds is 2. The van der Waals surface area contributed by atoms with Gasteiger partial charge in [-0.2, -0.15) is 0 Å². The monoisotopic (exact) mass is 468 g/mol. The number of hydrogen-bond donors (Lipinski definition) is 1. The van der Waals surface area contributed by atoms with Gasteiger partial charge in [-0.1, -0.05) is 52.8 Å². The van der Waals surface area contributed by atoms with Crippen molar-refractivity contribution in [1.82, 2.24) is 4.90 Å². The van der Waals surface area contributed by atoms with Crippen molar-refractivity contribution in [3.63, 3.8) is 0 Å². The number of carbonyl (C=O) groups excluding carboxylic acids is 2. The third kappa shape index (κ3) is 4.03. The minimum absolute atomic E-state index is 0.0359. The zero-order valence-electron chi connectivity index (χ0n) is 22.0. The van der Waals surface area contributed by atoms with E-state index < -0.39 is 0 Å². The quantitative estimate of drug-likeness (QED) is 0.523. The number of nitrogens with one attached hydrogen (secondary N) is 1. The fourth-order valence-corrected chi connectivity index (χ4v) is 8.50. The molecule has 0 bridgehead atoms. The zero-order chi connectivity index (χ0) is 24.7. The van der Waals surface area contributed by atoms with Crippen LogP contribution in [0.2, 0.25) is 0 Å². The van der Waals surface area contributed by atoms with Crippen molar-refractivity contribution in [2.24, 2.45) is 34.5 Å². The number of fused-ring (bicyclic) bond motifs is 5. The van der Waals surface area contributed by atoms with Crippen molar-refractivity contribution >= 4 is 17.7 Å². The maximum Gasteiger partial charge on any atom is 0.411 e. The first-order valence-electron chi connectivity index (χ1n) is 13.5. The topological polar surface area (TPSA) is 58.6 Å². The van der Waals surface area contributed by atoms with Gasteiger partial charge in [-0.15, -0.1) is 0 Å². The normalized spacial score (nSPS) is 40.8. The van der Waals surface area contributed by atoms with E-state index in [1.807, 2.05) is 51.2 Å². The molecule has 3 saturated carbocycles. The largest absolute Gasteiger partial charge is 0.445 e. The zero-order valence-corrected chi connectivity index (χ0v) is 22.0. The molecule has 5 nitrogen and oxygen atoms in total. The second-order valence-corrected chi connectivity index (χ2v) is 11.6. The summed E-state index contributed by atoms with van der Waals surface area (Å²) in [5.41, 5.74) is 1.03. The first-order valence-corrected chi connectivity index (χ1v) is 13.5. The Morgan fingerprint density at radius 2 is 1.74 bits per heavy atom. The van der Waals surface area contributed by atoms with E-state index in [0.717, 1.165) is 31.4 Å². The highest BCUT2D eigenvalue weighted by Gasteiger charge is 2.63. The molecule has 0 radical (unpaired) electrons. The second-order valence-electron chi connectivity index (χ2n) is 11.6. The number of nitrogens with zero attached hydrogens (tertiary/aromatic N) is 1. The van der Waals surface area contributed by atoms with E-state index in [1.165, 1.54) is 12.8 Å². The first kappa shape index (κ1) is 25.1. The first-order chi connectivity index (χ1) is 16.2. The van der Waals surface area contributed by atoms with E-state index in [0.29, 0.717) is 42.0 Å². The highest BCUT2D eigenvalue weighted by atomic mass is 16.6. The van der Waals surface area contributed by atoms with Crippen molar-refractivity contribution in [2.75, 3.05) is 12.4 Å². The third-order valence-electron chi connectivity index (χ3n) is 10.0. The van der Waals surface area contributed by atoms with E-state index in [2.05, 4.69) is 31.0 Å². The van der Waals surface area contributed by atoms with Gasteiger partial charge >= 0.3 is 6.09 Å². The fraction of sp³-hybridized carbons (Fsp3) is 0.724. The summed E-state index contributed by atoms with van der Waals surface area (Å²) in [6.07, 6.45) is 7.07. The van der Waals surface area contributed by atoms with Gasteiger partial charge in [0.1, 0.15) is 6.10 Å². The lowest BCUT2D eigenvalue weighted by atomic mass is 9.47. The van der Waals surface area contributed by atoms with Crippen LogP contribution in [0.15, 0.2) is 30.3 Å². The molecule has 4 aliphatic rings. The summed E-state index contributed by atoms with van der Waals surface area (Å²) in [4.78, 5) is 27.2. The smallest absolute Gasteiger partial charge is 0.411 e. The van der Waals surface area contributed by atoms with Crippen molar-refractivity contribution in [3.8, 4) is 0 Å². The molecule has 5 heteroatoms. The summed E-state index contributed by atoms with van der Waals surface area (Å²) in [6, 6.07) is 9.94.